The number of halogens is 1. The molecule has 0 bridgehead atoms. The van der Waals surface area contributed by atoms with Gasteiger partial charge in [0.05, 0.1) is 15.0 Å². The van der Waals surface area contributed by atoms with Crippen LogP contribution in [0.2, 0.25) is 0 Å². The average molecular weight is 379 g/mol. The van der Waals surface area contributed by atoms with Gasteiger partial charge in [-0.15, -0.1) is 0 Å². The lowest BCUT2D eigenvalue weighted by atomic mass is 10.3. The van der Waals surface area contributed by atoms with Gasteiger partial charge in [-0.2, -0.15) is 11.8 Å². The number of aromatic nitrogens is 2. The van der Waals surface area contributed by atoms with Crippen molar-refractivity contribution in [2.45, 2.75) is 39.9 Å². The lowest BCUT2D eigenvalue weighted by Gasteiger charge is -2.11. The zero-order valence-corrected chi connectivity index (χ0v) is 14.6. The number of hydrogen-bond acceptors (Lipinski definition) is 4. The Morgan fingerprint density at radius 1 is 1.28 bits per heavy atom. The molecule has 0 saturated heterocycles. The highest BCUT2D eigenvalue weighted by molar-refractivity contribution is 14.1. The Morgan fingerprint density at radius 2 is 2.00 bits per heavy atom. The number of nitrogens with one attached hydrogen (secondary N) is 1. The molecule has 1 rings (SSSR count). The molecule has 0 atom stereocenters. The summed E-state index contributed by atoms with van der Waals surface area (Å²) in [4.78, 5) is 9.27. The van der Waals surface area contributed by atoms with E-state index in [4.69, 9.17) is 0 Å². The third kappa shape index (κ3) is 4.91. The predicted octanol–water partition coefficient (Wildman–Crippen LogP) is 3.96. The van der Waals surface area contributed by atoms with Crippen LogP contribution in [0.4, 0.5) is 5.82 Å². The second kappa shape index (κ2) is 8.19. The van der Waals surface area contributed by atoms with E-state index in [0.717, 1.165) is 51.3 Å². The van der Waals surface area contributed by atoms with Crippen molar-refractivity contribution in [2.75, 3.05) is 17.6 Å². The molecule has 1 aromatic heterocycles. The molecule has 0 unspecified atom stereocenters. The summed E-state index contributed by atoms with van der Waals surface area (Å²) >= 11 is 4.25. The second-order valence-corrected chi connectivity index (χ2v) is 6.65. The van der Waals surface area contributed by atoms with Gasteiger partial charge >= 0.3 is 0 Å². The van der Waals surface area contributed by atoms with Crippen LogP contribution < -0.4 is 5.32 Å². The number of aryl methyl sites for hydroxylation is 1. The van der Waals surface area contributed by atoms with Gasteiger partial charge in [0.25, 0.3) is 0 Å². The molecule has 0 saturated carbocycles. The molecule has 0 spiro atoms. The summed E-state index contributed by atoms with van der Waals surface area (Å²) in [5.41, 5.74) is 1.15. The second-order valence-electron chi connectivity index (χ2n) is 4.54. The molecule has 3 nitrogen and oxygen atoms in total. The fourth-order valence-corrected chi connectivity index (χ4v) is 3.23. The monoisotopic (exact) mass is 379 g/mol. The maximum absolute atomic E-state index is 4.65. The molecule has 0 amide bonds. The largest absolute Gasteiger partial charge is 0.369 e. The lowest BCUT2D eigenvalue weighted by molar-refractivity contribution is 0.749. The molecule has 102 valence electrons. The SMILES string of the molecule is CCNc1nc(CSCC(C)C)nc(CC)c1I. The van der Waals surface area contributed by atoms with E-state index >= 15 is 0 Å². The normalized spacial score (nSPS) is 11.0. The number of nitrogens with zero attached hydrogens (tertiary/aromatic N) is 2. The van der Waals surface area contributed by atoms with Crippen molar-refractivity contribution in [3.05, 3.63) is 15.1 Å². The Bertz CT molecular complexity index is 383. The zero-order chi connectivity index (χ0) is 13.5. The van der Waals surface area contributed by atoms with E-state index in [1.54, 1.807) is 0 Å². The topological polar surface area (TPSA) is 37.8 Å². The highest BCUT2D eigenvalue weighted by atomic mass is 127. The third-order valence-electron chi connectivity index (χ3n) is 2.33. The fourth-order valence-electron chi connectivity index (χ4n) is 1.51. The first-order valence-corrected chi connectivity index (χ1v) is 8.68. The minimum atomic E-state index is 0.720. The summed E-state index contributed by atoms with van der Waals surface area (Å²) in [6.07, 6.45) is 0.959. The van der Waals surface area contributed by atoms with Gasteiger partial charge in [-0.3, -0.25) is 0 Å². The van der Waals surface area contributed by atoms with E-state index in [0.29, 0.717) is 0 Å². The van der Waals surface area contributed by atoms with Crippen LogP contribution in [0.5, 0.6) is 0 Å². The Morgan fingerprint density at radius 3 is 2.56 bits per heavy atom. The standard InChI is InChI=1S/C13H22IN3S/c1-5-10-12(14)13(15-6-2)17-11(16-10)8-18-7-9(3)4/h9H,5-8H2,1-4H3,(H,15,16,17). The summed E-state index contributed by atoms with van der Waals surface area (Å²) in [5.74, 6) is 4.73. The Labute approximate surface area is 128 Å². The number of hydrogen-bond donors (Lipinski definition) is 1. The fraction of sp³-hybridized carbons (Fsp3) is 0.692. The molecule has 0 aromatic carbocycles. The van der Waals surface area contributed by atoms with Crippen molar-refractivity contribution in [3.8, 4) is 0 Å². The first kappa shape index (κ1) is 16.0. The van der Waals surface area contributed by atoms with Crippen molar-refractivity contribution >= 4 is 40.2 Å². The summed E-state index contributed by atoms with van der Waals surface area (Å²) in [6, 6.07) is 0. The highest BCUT2D eigenvalue weighted by Gasteiger charge is 2.10. The molecule has 5 heteroatoms. The molecule has 0 aliphatic rings. The van der Waals surface area contributed by atoms with Gasteiger partial charge in [0.15, 0.2) is 0 Å². The third-order valence-corrected chi connectivity index (χ3v) is 4.83. The summed E-state index contributed by atoms with van der Waals surface area (Å²) in [7, 11) is 0. The first-order valence-electron chi connectivity index (χ1n) is 6.45. The Balaban J connectivity index is 2.81. The van der Waals surface area contributed by atoms with Crippen molar-refractivity contribution in [3.63, 3.8) is 0 Å². The van der Waals surface area contributed by atoms with E-state index in [1.165, 1.54) is 0 Å². The van der Waals surface area contributed by atoms with Crippen molar-refractivity contribution in [1.29, 1.82) is 0 Å². The van der Waals surface area contributed by atoms with Crippen LogP contribution in [0.3, 0.4) is 0 Å². The molecule has 18 heavy (non-hydrogen) atoms. The number of rotatable bonds is 7. The van der Waals surface area contributed by atoms with Crippen LogP contribution in [-0.4, -0.2) is 22.3 Å². The van der Waals surface area contributed by atoms with Crippen LogP contribution in [0, 0.1) is 9.49 Å². The maximum Gasteiger partial charge on any atom is 0.143 e. The molecule has 0 aliphatic carbocycles. The smallest absolute Gasteiger partial charge is 0.143 e. The van der Waals surface area contributed by atoms with Gasteiger partial charge in [-0.1, -0.05) is 20.8 Å². The lowest BCUT2D eigenvalue weighted by Crippen LogP contribution is -2.09. The number of anilines is 1. The van der Waals surface area contributed by atoms with Gasteiger partial charge in [-0.25, -0.2) is 9.97 Å². The predicted molar refractivity (Wildman–Crippen MR) is 89.3 cm³/mol. The van der Waals surface area contributed by atoms with Gasteiger partial charge in [-0.05, 0) is 47.6 Å². The minimum absolute atomic E-state index is 0.720. The van der Waals surface area contributed by atoms with E-state index in [2.05, 4.69) is 65.6 Å². The minimum Gasteiger partial charge on any atom is -0.369 e. The molecular formula is C13H22IN3S. The molecular weight excluding hydrogens is 357 g/mol. The first-order chi connectivity index (χ1) is 8.58. The summed E-state index contributed by atoms with van der Waals surface area (Å²) in [6.45, 7) is 9.61. The van der Waals surface area contributed by atoms with Crippen LogP contribution in [-0.2, 0) is 12.2 Å². The molecule has 0 aliphatic heterocycles. The number of thioether (sulfide) groups is 1. The molecule has 1 aromatic rings. The average Bonchev–Trinajstić information content (AvgIpc) is 2.32. The Hall–Kier alpha value is -0.0400. The van der Waals surface area contributed by atoms with Gasteiger partial charge in [0.1, 0.15) is 11.6 Å². The Kier molecular flexibility index (Phi) is 7.29. The maximum atomic E-state index is 4.65. The van der Waals surface area contributed by atoms with E-state index in [9.17, 15) is 0 Å². The van der Waals surface area contributed by atoms with Crippen LogP contribution in [0.1, 0.15) is 39.2 Å². The van der Waals surface area contributed by atoms with E-state index < -0.39 is 0 Å². The van der Waals surface area contributed by atoms with Gasteiger partial charge in [0, 0.05) is 6.54 Å². The van der Waals surface area contributed by atoms with Crippen LogP contribution in [0.15, 0.2) is 0 Å². The van der Waals surface area contributed by atoms with Gasteiger partial charge in [0.2, 0.25) is 0 Å². The van der Waals surface area contributed by atoms with E-state index in [1.807, 2.05) is 11.8 Å². The van der Waals surface area contributed by atoms with Crippen molar-refractivity contribution in [1.82, 2.24) is 9.97 Å². The van der Waals surface area contributed by atoms with Crippen LogP contribution in [0.25, 0.3) is 0 Å². The molecule has 0 fully saturated rings. The molecule has 1 N–H and O–H groups in total. The molecule has 1 heterocycles. The van der Waals surface area contributed by atoms with Crippen LogP contribution >= 0.6 is 34.4 Å². The van der Waals surface area contributed by atoms with Gasteiger partial charge < -0.3 is 5.32 Å². The van der Waals surface area contributed by atoms with E-state index in [-0.39, 0.29) is 0 Å². The highest BCUT2D eigenvalue weighted by Crippen LogP contribution is 2.22. The van der Waals surface area contributed by atoms with Crippen molar-refractivity contribution < 1.29 is 0 Å². The van der Waals surface area contributed by atoms with Crippen molar-refractivity contribution in [2.24, 2.45) is 5.92 Å². The zero-order valence-electron chi connectivity index (χ0n) is 11.6. The molecule has 0 radical (unpaired) electrons. The summed E-state index contributed by atoms with van der Waals surface area (Å²) in [5, 5.41) is 3.32. The quantitative estimate of drug-likeness (QED) is 0.728. The summed E-state index contributed by atoms with van der Waals surface area (Å²) < 4.78 is 1.16.